The highest BCUT2D eigenvalue weighted by Crippen LogP contribution is 2.22. The van der Waals surface area contributed by atoms with Crippen molar-refractivity contribution in [1.29, 1.82) is 0 Å². The van der Waals surface area contributed by atoms with Crippen LogP contribution in [0.4, 0.5) is 5.69 Å². The Hall–Kier alpha value is -2.54. The summed E-state index contributed by atoms with van der Waals surface area (Å²) in [5, 5.41) is 7.52. The Morgan fingerprint density at radius 3 is 2.37 bits per heavy atom. The molecule has 3 rings (SSSR count). The molecule has 2 heterocycles. The lowest BCUT2D eigenvalue weighted by Gasteiger charge is -2.36. The standard InChI is InChI=1S/C23H35N5O2/c1-23(2,3)21-17-20(26(4)25-21)22(29)24-11-6-12-27-13-15-28(16-14-27)18-7-9-19(30-5)10-8-18/h7-10,17H,6,11-16H2,1-5H3,(H,24,29). The van der Waals surface area contributed by atoms with Crippen LogP contribution in [0.3, 0.4) is 0 Å². The Kier molecular flexibility index (Phi) is 7.02. The number of hydrogen-bond donors (Lipinski definition) is 1. The van der Waals surface area contributed by atoms with Crippen LogP contribution in [0, 0.1) is 0 Å². The number of methoxy groups -OCH3 is 1. The van der Waals surface area contributed by atoms with Crippen LogP contribution in [0.25, 0.3) is 0 Å². The molecule has 7 heteroatoms. The van der Waals surface area contributed by atoms with E-state index < -0.39 is 0 Å². The summed E-state index contributed by atoms with van der Waals surface area (Å²) in [6.45, 7) is 12.1. The number of nitrogens with one attached hydrogen (secondary N) is 1. The molecule has 0 radical (unpaired) electrons. The van der Waals surface area contributed by atoms with Crippen LogP contribution in [0.15, 0.2) is 30.3 Å². The Morgan fingerprint density at radius 2 is 1.80 bits per heavy atom. The Balaban J connectivity index is 1.38. The third-order valence-corrected chi connectivity index (χ3v) is 5.63. The predicted octanol–water partition coefficient (Wildman–Crippen LogP) is 2.67. The van der Waals surface area contributed by atoms with Gasteiger partial charge >= 0.3 is 0 Å². The van der Waals surface area contributed by atoms with Gasteiger partial charge in [-0.3, -0.25) is 14.4 Å². The fourth-order valence-electron chi connectivity index (χ4n) is 3.66. The molecular formula is C23H35N5O2. The van der Waals surface area contributed by atoms with E-state index in [9.17, 15) is 4.79 Å². The van der Waals surface area contributed by atoms with Gasteiger partial charge in [-0.2, -0.15) is 5.10 Å². The van der Waals surface area contributed by atoms with Crippen LogP contribution in [0.1, 0.15) is 43.4 Å². The smallest absolute Gasteiger partial charge is 0.269 e. The van der Waals surface area contributed by atoms with E-state index in [4.69, 9.17) is 4.74 Å². The highest BCUT2D eigenvalue weighted by molar-refractivity contribution is 5.92. The summed E-state index contributed by atoms with van der Waals surface area (Å²) in [6, 6.07) is 10.2. The van der Waals surface area contributed by atoms with E-state index in [2.05, 4.69) is 53.1 Å². The summed E-state index contributed by atoms with van der Waals surface area (Å²) in [7, 11) is 3.52. The first-order valence-electron chi connectivity index (χ1n) is 10.7. The number of rotatable bonds is 7. The number of amides is 1. The SMILES string of the molecule is COc1ccc(N2CCN(CCCNC(=O)c3cc(C(C)(C)C)nn3C)CC2)cc1. The minimum absolute atomic E-state index is 0.0511. The van der Waals surface area contributed by atoms with E-state index in [-0.39, 0.29) is 11.3 Å². The minimum atomic E-state index is -0.0652. The first-order chi connectivity index (χ1) is 14.3. The van der Waals surface area contributed by atoms with Gasteiger partial charge in [0.1, 0.15) is 11.4 Å². The zero-order valence-corrected chi connectivity index (χ0v) is 18.9. The van der Waals surface area contributed by atoms with Gasteiger partial charge in [0, 0.05) is 50.9 Å². The van der Waals surface area contributed by atoms with Crippen LogP contribution in [0.5, 0.6) is 5.75 Å². The molecule has 1 aromatic heterocycles. The fraction of sp³-hybridized carbons (Fsp3) is 0.565. The van der Waals surface area contributed by atoms with Gasteiger partial charge in [0.25, 0.3) is 5.91 Å². The van der Waals surface area contributed by atoms with Gasteiger partial charge in [0.15, 0.2) is 0 Å². The van der Waals surface area contributed by atoms with Gasteiger partial charge in [-0.1, -0.05) is 20.8 Å². The summed E-state index contributed by atoms with van der Waals surface area (Å²) >= 11 is 0. The van der Waals surface area contributed by atoms with Crippen molar-refractivity contribution in [1.82, 2.24) is 20.0 Å². The van der Waals surface area contributed by atoms with Gasteiger partial charge in [0.2, 0.25) is 0 Å². The number of aryl methyl sites for hydroxylation is 1. The number of ether oxygens (including phenoxy) is 1. The van der Waals surface area contributed by atoms with Crippen molar-refractivity contribution in [3.05, 3.63) is 41.7 Å². The van der Waals surface area contributed by atoms with Gasteiger partial charge < -0.3 is 15.0 Å². The molecule has 0 bridgehead atoms. The Morgan fingerprint density at radius 1 is 1.13 bits per heavy atom. The zero-order valence-electron chi connectivity index (χ0n) is 18.9. The maximum absolute atomic E-state index is 12.5. The molecule has 30 heavy (non-hydrogen) atoms. The third-order valence-electron chi connectivity index (χ3n) is 5.63. The van der Waals surface area contributed by atoms with E-state index in [1.807, 2.05) is 25.2 Å². The Labute approximate surface area is 180 Å². The molecule has 1 N–H and O–H groups in total. The number of anilines is 1. The molecule has 1 aromatic carbocycles. The molecule has 7 nitrogen and oxygen atoms in total. The molecule has 1 saturated heterocycles. The third kappa shape index (κ3) is 5.53. The van der Waals surface area contributed by atoms with Gasteiger partial charge in [-0.15, -0.1) is 0 Å². The summed E-state index contributed by atoms with van der Waals surface area (Å²) in [5.74, 6) is 0.838. The number of benzene rings is 1. The summed E-state index contributed by atoms with van der Waals surface area (Å²) in [5.41, 5.74) is 2.73. The predicted molar refractivity (Wildman–Crippen MR) is 121 cm³/mol. The molecule has 1 aliphatic heterocycles. The molecule has 0 aliphatic carbocycles. The summed E-state index contributed by atoms with van der Waals surface area (Å²) in [6.07, 6.45) is 0.943. The minimum Gasteiger partial charge on any atom is -0.497 e. The van der Waals surface area contributed by atoms with E-state index in [1.54, 1.807) is 11.8 Å². The molecule has 0 saturated carbocycles. The lowest BCUT2D eigenvalue weighted by Crippen LogP contribution is -2.47. The van der Waals surface area contributed by atoms with Crippen molar-refractivity contribution in [3.63, 3.8) is 0 Å². The second-order valence-corrected chi connectivity index (χ2v) is 8.92. The van der Waals surface area contributed by atoms with Crippen LogP contribution >= 0.6 is 0 Å². The van der Waals surface area contributed by atoms with E-state index in [0.29, 0.717) is 12.2 Å². The topological polar surface area (TPSA) is 62.6 Å². The van der Waals surface area contributed by atoms with Crippen molar-refractivity contribution < 1.29 is 9.53 Å². The number of nitrogens with zero attached hydrogens (tertiary/aromatic N) is 4. The summed E-state index contributed by atoms with van der Waals surface area (Å²) < 4.78 is 6.91. The molecule has 2 aromatic rings. The number of aromatic nitrogens is 2. The average Bonchev–Trinajstić information content (AvgIpc) is 3.14. The van der Waals surface area contributed by atoms with Crippen molar-refractivity contribution in [2.75, 3.05) is 51.3 Å². The average molecular weight is 414 g/mol. The second-order valence-electron chi connectivity index (χ2n) is 8.92. The maximum atomic E-state index is 12.5. The molecule has 164 valence electrons. The second kappa shape index (κ2) is 9.51. The number of carbonyl (C=O) groups is 1. The number of piperazine rings is 1. The largest absolute Gasteiger partial charge is 0.497 e. The molecule has 0 atom stereocenters. The van der Waals surface area contributed by atoms with Crippen LogP contribution in [-0.2, 0) is 12.5 Å². The lowest BCUT2D eigenvalue weighted by molar-refractivity contribution is 0.0942. The Bertz CT molecular complexity index is 830. The molecule has 1 fully saturated rings. The van der Waals surface area contributed by atoms with Crippen LogP contribution < -0.4 is 15.0 Å². The fourth-order valence-corrected chi connectivity index (χ4v) is 3.66. The van der Waals surface area contributed by atoms with E-state index in [0.717, 1.165) is 50.6 Å². The van der Waals surface area contributed by atoms with Crippen molar-refractivity contribution in [2.45, 2.75) is 32.6 Å². The molecule has 0 spiro atoms. The van der Waals surface area contributed by atoms with Crippen molar-refractivity contribution >= 4 is 11.6 Å². The quantitative estimate of drug-likeness (QED) is 0.707. The monoisotopic (exact) mass is 413 g/mol. The van der Waals surface area contributed by atoms with Crippen LogP contribution in [0.2, 0.25) is 0 Å². The number of carbonyl (C=O) groups excluding carboxylic acids is 1. The number of hydrogen-bond acceptors (Lipinski definition) is 5. The first kappa shape index (κ1) is 22.2. The highest BCUT2D eigenvalue weighted by atomic mass is 16.5. The molecule has 1 amide bonds. The molecule has 0 unspecified atom stereocenters. The van der Waals surface area contributed by atoms with E-state index in [1.165, 1.54) is 5.69 Å². The van der Waals surface area contributed by atoms with Gasteiger partial charge in [-0.05, 0) is 43.3 Å². The van der Waals surface area contributed by atoms with Crippen LogP contribution in [-0.4, -0.2) is 67.0 Å². The van der Waals surface area contributed by atoms with Gasteiger partial charge in [0.05, 0.1) is 12.8 Å². The molecule has 1 aliphatic rings. The van der Waals surface area contributed by atoms with Crippen molar-refractivity contribution in [2.24, 2.45) is 7.05 Å². The normalized spacial score (nSPS) is 15.3. The molecular weight excluding hydrogens is 378 g/mol. The lowest BCUT2D eigenvalue weighted by atomic mass is 9.92. The first-order valence-corrected chi connectivity index (χ1v) is 10.7. The summed E-state index contributed by atoms with van der Waals surface area (Å²) in [4.78, 5) is 17.4. The maximum Gasteiger partial charge on any atom is 0.269 e. The van der Waals surface area contributed by atoms with Crippen molar-refractivity contribution in [3.8, 4) is 5.75 Å². The van der Waals surface area contributed by atoms with E-state index >= 15 is 0 Å². The zero-order chi connectivity index (χ0) is 21.7. The highest BCUT2D eigenvalue weighted by Gasteiger charge is 2.22. The van der Waals surface area contributed by atoms with Gasteiger partial charge in [-0.25, -0.2) is 0 Å².